The van der Waals surface area contributed by atoms with Crippen molar-refractivity contribution in [1.82, 2.24) is 9.88 Å². The zero-order valence-corrected chi connectivity index (χ0v) is 20.8. The standard InChI is InChI=1S/C23H24F4N4O3S2/c1-22(26,27)4-5-23(33)6-8-31(9-7-23)20(32)15-3-2-14(12-16(15)25)30-36(34)18-11-13(24)10-17-19(18)29-21(28)35-17/h2-3,10-12,30,33H,4-9H2,1H3,(H2,28,29). The summed E-state index contributed by atoms with van der Waals surface area (Å²) in [7, 11) is 0. The normalized spacial score (nSPS) is 16.8. The minimum atomic E-state index is -2.89. The van der Waals surface area contributed by atoms with E-state index < -0.39 is 46.8 Å². The molecule has 1 aromatic heterocycles. The number of carbonyl (C=O) groups excluding carboxylic acids is 1. The van der Waals surface area contributed by atoms with Gasteiger partial charge in [-0.25, -0.2) is 27.3 Å². The first-order valence-corrected chi connectivity index (χ1v) is 13.0. The maximum atomic E-state index is 14.8. The molecule has 1 saturated heterocycles. The third-order valence-corrected chi connectivity index (χ3v) is 8.03. The number of piperidine rings is 1. The first-order valence-electron chi connectivity index (χ1n) is 11.1. The monoisotopic (exact) mass is 544 g/mol. The lowest BCUT2D eigenvalue weighted by atomic mass is 9.86. The number of likely N-dealkylation sites (tertiary alicyclic amines) is 1. The van der Waals surface area contributed by atoms with E-state index in [4.69, 9.17) is 5.73 Å². The average molecular weight is 545 g/mol. The summed E-state index contributed by atoms with van der Waals surface area (Å²) in [5.74, 6) is -4.98. The molecule has 1 aliphatic rings. The van der Waals surface area contributed by atoms with Gasteiger partial charge >= 0.3 is 0 Å². The predicted octanol–water partition coefficient (Wildman–Crippen LogP) is 4.69. The summed E-state index contributed by atoms with van der Waals surface area (Å²) in [6, 6.07) is 5.88. The Labute approximate surface area is 211 Å². The Kier molecular flexibility index (Phi) is 7.37. The number of amides is 1. The number of nitrogens with zero attached hydrogens (tertiary/aromatic N) is 2. The van der Waals surface area contributed by atoms with Crippen LogP contribution in [0, 0.1) is 11.6 Å². The Morgan fingerprint density at radius 1 is 1.31 bits per heavy atom. The summed E-state index contributed by atoms with van der Waals surface area (Å²) >= 11 is -0.956. The molecule has 3 aromatic rings. The molecule has 36 heavy (non-hydrogen) atoms. The lowest BCUT2D eigenvalue weighted by molar-refractivity contribution is -0.0571. The van der Waals surface area contributed by atoms with Gasteiger partial charge in [0.15, 0.2) is 5.13 Å². The van der Waals surface area contributed by atoms with Crippen LogP contribution in [0.15, 0.2) is 35.2 Å². The average Bonchev–Trinajstić information content (AvgIpc) is 3.17. The number of carbonyl (C=O) groups is 1. The van der Waals surface area contributed by atoms with Gasteiger partial charge in [0.25, 0.3) is 5.91 Å². The van der Waals surface area contributed by atoms with Crippen LogP contribution in [0.4, 0.5) is 28.4 Å². The molecule has 13 heteroatoms. The molecular formula is C23H24F4N4O3S2. The Hall–Kier alpha value is -2.61. The predicted molar refractivity (Wildman–Crippen MR) is 130 cm³/mol. The zero-order chi connectivity index (χ0) is 26.3. The van der Waals surface area contributed by atoms with Gasteiger partial charge < -0.3 is 20.3 Å². The molecule has 4 rings (SSSR count). The molecule has 1 atom stereocenters. The van der Waals surface area contributed by atoms with Crippen LogP contribution in [0.5, 0.6) is 0 Å². The summed E-state index contributed by atoms with van der Waals surface area (Å²) in [4.78, 5) is 18.3. The quantitative estimate of drug-likeness (QED) is 0.294. The van der Waals surface area contributed by atoms with Crippen molar-refractivity contribution in [2.24, 2.45) is 0 Å². The molecule has 0 bridgehead atoms. The van der Waals surface area contributed by atoms with E-state index >= 15 is 0 Å². The van der Waals surface area contributed by atoms with E-state index in [0.29, 0.717) is 4.70 Å². The third-order valence-electron chi connectivity index (χ3n) is 6.06. The van der Waals surface area contributed by atoms with Crippen LogP contribution in [0.1, 0.15) is 43.0 Å². The number of rotatable bonds is 7. The summed E-state index contributed by atoms with van der Waals surface area (Å²) in [6.07, 6.45) is -0.328. The number of nitrogens with one attached hydrogen (secondary N) is 1. The SMILES string of the molecule is CC(F)(F)CCC1(O)CCN(C(=O)c2ccc(N[S+]([O-])c3cc(F)cc4sc(N)nc34)cc2F)CC1. The number of nitrogens with two attached hydrogens (primary N) is 1. The molecule has 0 radical (unpaired) electrons. The van der Waals surface area contributed by atoms with E-state index in [1.54, 1.807) is 0 Å². The summed E-state index contributed by atoms with van der Waals surface area (Å²) in [5.41, 5.74) is 4.51. The van der Waals surface area contributed by atoms with E-state index in [0.717, 1.165) is 30.4 Å². The van der Waals surface area contributed by atoms with Crippen LogP contribution in [-0.4, -0.2) is 50.1 Å². The van der Waals surface area contributed by atoms with Crippen molar-refractivity contribution in [3.8, 4) is 0 Å². The first kappa shape index (κ1) is 26.5. The molecule has 1 amide bonds. The summed E-state index contributed by atoms with van der Waals surface area (Å²) in [5, 5.41) is 10.7. The number of fused-ring (bicyclic) bond motifs is 1. The summed E-state index contributed by atoms with van der Waals surface area (Å²) in [6.45, 7) is 0.986. The van der Waals surface area contributed by atoms with E-state index in [-0.39, 0.29) is 59.1 Å². The van der Waals surface area contributed by atoms with Crippen molar-refractivity contribution < 1.29 is 32.0 Å². The highest BCUT2D eigenvalue weighted by Gasteiger charge is 2.37. The molecule has 4 N–H and O–H groups in total. The van der Waals surface area contributed by atoms with Gasteiger partial charge in [-0.05, 0) is 44.4 Å². The maximum Gasteiger partial charge on any atom is 0.256 e. The molecule has 0 saturated carbocycles. The molecule has 2 aromatic carbocycles. The van der Waals surface area contributed by atoms with Crippen molar-refractivity contribution in [3.05, 3.63) is 47.5 Å². The van der Waals surface area contributed by atoms with Crippen molar-refractivity contribution in [2.45, 2.75) is 49.0 Å². The molecular weight excluding hydrogens is 520 g/mol. The number of anilines is 2. The third kappa shape index (κ3) is 6.02. The van der Waals surface area contributed by atoms with Gasteiger partial charge in [0.1, 0.15) is 28.5 Å². The fraction of sp³-hybridized carbons (Fsp3) is 0.391. The van der Waals surface area contributed by atoms with Gasteiger partial charge in [0.05, 0.1) is 21.6 Å². The van der Waals surface area contributed by atoms with Crippen LogP contribution >= 0.6 is 11.3 Å². The number of hydrogen-bond donors (Lipinski definition) is 3. The topological polar surface area (TPSA) is 115 Å². The van der Waals surface area contributed by atoms with E-state index in [1.165, 1.54) is 23.1 Å². The highest BCUT2D eigenvalue weighted by atomic mass is 32.2. The van der Waals surface area contributed by atoms with Crippen LogP contribution in [0.2, 0.25) is 0 Å². The second-order valence-electron chi connectivity index (χ2n) is 8.95. The fourth-order valence-electron chi connectivity index (χ4n) is 4.04. The number of hydrogen-bond acceptors (Lipinski definition) is 7. The van der Waals surface area contributed by atoms with Gasteiger partial charge in [-0.1, -0.05) is 11.3 Å². The molecule has 0 aliphatic carbocycles. The smallest absolute Gasteiger partial charge is 0.256 e. The number of benzene rings is 2. The zero-order valence-electron chi connectivity index (χ0n) is 19.2. The van der Waals surface area contributed by atoms with Gasteiger partial charge in [-0.2, -0.15) is 0 Å². The van der Waals surface area contributed by atoms with Crippen molar-refractivity contribution in [2.75, 3.05) is 23.5 Å². The van der Waals surface area contributed by atoms with E-state index in [2.05, 4.69) is 9.71 Å². The van der Waals surface area contributed by atoms with Crippen LogP contribution in [-0.2, 0) is 11.4 Å². The minimum absolute atomic E-state index is 0.0418. The van der Waals surface area contributed by atoms with Crippen molar-refractivity contribution in [3.63, 3.8) is 0 Å². The molecule has 2 heterocycles. The van der Waals surface area contributed by atoms with Crippen LogP contribution in [0.3, 0.4) is 0 Å². The highest BCUT2D eigenvalue weighted by Crippen LogP contribution is 2.33. The number of halogens is 4. The fourth-order valence-corrected chi connectivity index (χ4v) is 5.89. The van der Waals surface area contributed by atoms with Gasteiger partial charge in [0.2, 0.25) is 10.8 Å². The second kappa shape index (κ2) is 10.0. The van der Waals surface area contributed by atoms with Gasteiger partial charge in [-0.15, -0.1) is 0 Å². The van der Waals surface area contributed by atoms with Crippen molar-refractivity contribution in [1.29, 1.82) is 0 Å². The van der Waals surface area contributed by atoms with Crippen LogP contribution < -0.4 is 10.5 Å². The maximum absolute atomic E-state index is 14.8. The van der Waals surface area contributed by atoms with Crippen LogP contribution in [0.25, 0.3) is 10.2 Å². The number of aromatic nitrogens is 1. The lowest BCUT2D eigenvalue weighted by Gasteiger charge is -2.38. The number of aliphatic hydroxyl groups is 1. The number of alkyl halides is 2. The van der Waals surface area contributed by atoms with E-state index in [9.17, 15) is 32.0 Å². The first-order chi connectivity index (χ1) is 16.8. The number of thiazole rings is 1. The Balaban J connectivity index is 1.42. The Morgan fingerprint density at radius 3 is 2.64 bits per heavy atom. The number of nitrogen functional groups attached to an aromatic ring is 1. The molecule has 1 fully saturated rings. The van der Waals surface area contributed by atoms with Gasteiger partial charge in [0, 0.05) is 31.6 Å². The molecule has 1 unspecified atom stereocenters. The lowest BCUT2D eigenvalue weighted by Crippen LogP contribution is -2.47. The Morgan fingerprint density at radius 2 is 2.00 bits per heavy atom. The molecule has 0 spiro atoms. The molecule has 194 valence electrons. The second-order valence-corrected chi connectivity index (χ2v) is 11.2. The summed E-state index contributed by atoms with van der Waals surface area (Å²) < 4.78 is 70.9. The molecule has 7 nitrogen and oxygen atoms in total. The van der Waals surface area contributed by atoms with E-state index in [1.807, 2.05) is 0 Å². The van der Waals surface area contributed by atoms with Gasteiger partial charge in [-0.3, -0.25) is 4.79 Å². The Bertz CT molecular complexity index is 1280. The van der Waals surface area contributed by atoms with Crippen molar-refractivity contribution >= 4 is 49.6 Å². The highest BCUT2D eigenvalue weighted by molar-refractivity contribution is 7.93. The largest absolute Gasteiger partial charge is 0.588 e. The molecule has 1 aliphatic heterocycles. The minimum Gasteiger partial charge on any atom is -0.588 e.